The summed E-state index contributed by atoms with van der Waals surface area (Å²) in [6.45, 7) is 1.75. The Morgan fingerprint density at radius 1 is 0.966 bits per heavy atom. The van der Waals surface area contributed by atoms with Crippen LogP contribution in [0.4, 0.5) is 5.69 Å². The Kier molecular flexibility index (Phi) is 8.26. The fourth-order valence-electron chi connectivity index (χ4n) is 3.06. The van der Waals surface area contributed by atoms with E-state index in [1.807, 2.05) is 61.2 Å². The molecule has 3 aromatic rings. The van der Waals surface area contributed by atoms with Gasteiger partial charge >= 0.3 is 0 Å². The molecule has 0 unspecified atom stereocenters. The molecule has 152 valence electrons. The normalized spacial score (nSPS) is 10.6. The Bertz CT molecular complexity index is 831. The molecule has 0 radical (unpaired) electrons. The highest BCUT2D eigenvalue weighted by Crippen LogP contribution is 2.14. The fraction of sp³-hybridized carbons (Fsp3) is 0.348. The zero-order valence-corrected chi connectivity index (χ0v) is 16.8. The highest BCUT2D eigenvalue weighted by molar-refractivity contribution is 6.05. The molecule has 0 amide bonds. The first-order valence-corrected chi connectivity index (χ1v) is 10.3. The summed E-state index contributed by atoms with van der Waals surface area (Å²) >= 11 is 0. The number of nitrogens with zero attached hydrogens (tertiary/aromatic N) is 3. The standard InChI is InChI=1S/C23H29N5O/c24-23(20-10-6-5-7-11-20)27-21-12-13-22(26-18-21)29-17-9-4-2-1-3-8-15-28-16-14-25-19-28/h5-7,10-14,16,18-19H,1-4,8-9,15,17H2,(H2,24,27). The van der Waals surface area contributed by atoms with Crippen LogP contribution in [0.3, 0.4) is 0 Å². The van der Waals surface area contributed by atoms with Gasteiger partial charge in [0.2, 0.25) is 5.88 Å². The van der Waals surface area contributed by atoms with E-state index in [4.69, 9.17) is 10.1 Å². The summed E-state index contributed by atoms with van der Waals surface area (Å²) in [5.74, 6) is 0.980. The van der Waals surface area contributed by atoms with Gasteiger partial charge in [-0.25, -0.2) is 9.97 Å². The van der Waals surface area contributed by atoms with Crippen molar-refractivity contribution in [1.29, 1.82) is 5.41 Å². The maximum absolute atomic E-state index is 8.10. The van der Waals surface area contributed by atoms with E-state index < -0.39 is 0 Å². The van der Waals surface area contributed by atoms with E-state index in [1.54, 1.807) is 6.20 Å². The maximum atomic E-state index is 8.10. The van der Waals surface area contributed by atoms with Crippen molar-refractivity contribution in [1.82, 2.24) is 14.5 Å². The maximum Gasteiger partial charge on any atom is 0.213 e. The molecule has 0 atom stereocenters. The van der Waals surface area contributed by atoms with Crippen molar-refractivity contribution in [3.63, 3.8) is 0 Å². The van der Waals surface area contributed by atoms with Gasteiger partial charge < -0.3 is 14.6 Å². The van der Waals surface area contributed by atoms with Crippen LogP contribution in [0.2, 0.25) is 0 Å². The van der Waals surface area contributed by atoms with Crippen molar-refractivity contribution >= 4 is 11.5 Å². The smallest absolute Gasteiger partial charge is 0.213 e. The molecule has 6 heteroatoms. The summed E-state index contributed by atoms with van der Waals surface area (Å²) < 4.78 is 7.86. The number of hydrogen-bond acceptors (Lipinski definition) is 4. The van der Waals surface area contributed by atoms with Crippen molar-refractivity contribution in [3.8, 4) is 5.88 Å². The van der Waals surface area contributed by atoms with E-state index >= 15 is 0 Å². The SMILES string of the molecule is N=C(Nc1ccc(OCCCCCCCCn2ccnc2)nc1)c1ccccc1. The van der Waals surface area contributed by atoms with Gasteiger partial charge in [0.25, 0.3) is 0 Å². The molecule has 0 aliphatic carbocycles. The molecule has 0 aliphatic rings. The summed E-state index contributed by atoms with van der Waals surface area (Å²) in [5.41, 5.74) is 1.62. The van der Waals surface area contributed by atoms with Crippen LogP contribution in [0, 0.1) is 5.41 Å². The van der Waals surface area contributed by atoms with Crippen molar-refractivity contribution < 1.29 is 4.74 Å². The second-order valence-corrected chi connectivity index (χ2v) is 7.02. The van der Waals surface area contributed by atoms with Gasteiger partial charge in [-0.15, -0.1) is 0 Å². The second-order valence-electron chi connectivity index (χ2n) is 7.02. The fourth-order valence-corrected chi connectivity index (χ4v) is 3.06. The number of ether oxygens (including phenoxy) is 1. The third-order valence-corrected chi connectivity index (χ3v) is 4.69. The van der Waals surface area contributed by atoms with Gasteiger partial charge in [0.1, 0.15) is 5.84 Å². The van der Waals surface area contributed by atoms with Gasteiger partial charge in [-0.2, -0.15) is 0 Å². The Labute approximate surface area is 172 Å². The lowest BCUT2D eigenvalue weighted by Crippen LogP contribution is -2.11. The number of aromatic nitrogens is 3. The molecule has 0 fully saturated rings. The molecule has 0 spiro atoms. The average Bonchev–Trinajstić information content (AvgIpc) is 3.28. The Morgan fingerprint density at radius 2 is 1.76 bits per heavy atom. The predicted molar refractivity (Wildman–Crippen MR) is 117 cm³/mol. The first kappa shape index (κ1) is 20.6. The minimum Gasteiger partial charge on any atom is -0.478 e. The van der Waals surface area contributed by atoms with Crippen LogP contribution in [0.15, 0.2) is 67.4 Å². The zero-order valence-electron chi connectivity index (χ0n) is 16.8. The average molecular weight is 392 g/mol. The summed E-state index contributed by atoms with van der Waals surface area (Å²) in [4.78, 5) is 8.38. The van der Waals surface area contributed by atoms with Crippen LogP contribution < -0.4 is 10.1 Å². The van der Waals surface area contributed by atoms with Gasteiger partial charge in [0, 0.05) is 30.6 Å². The molecule has 29 heavy (non-hydrogen) atoms. The molecule has 3 rings (SSSR count). The number of amidine groups is 1. The minimum atomic E-state index is 0.353. The molecule has 6 nitrogen and oxygen atoms in total. The summed E-state index contributed by atoms with van der Waals surface area (Å²) in [6, 6.07) is 13.3. The molecule has 1 aromatic carbocycles. The van der Waals surface area contributed by atoms with Crippen molar-refractivity contribution in [2.24, 2.45) is 0 Å². The van der Waals surface area contributed by atoms with E-state index in [1.165, 1.54) is 32.1 Å². The number of rotatable bonds is 12. The number of aryl methyl sites for hydroxylation is 1. The van der Waals surface area contributed by atoms with Crippen LogP contribution in [-0.4, -0.2) is 27.0 Å². The number of benzene rings is 1. The van der Waals surface area contributed by atoms with Crippen LogP contribution in [0.5, 0.6) is 5.88 Å². The third kappa shape index (κ3) is 7.41. The van der Waals surface area contributed by atoms with Gasteiger partial charge in [0.15, 0.2) is 0 Å². The Morgan fingerprint density at radius 3 is 2.48 bits per heavy atom. The van der Waals surface area contributed by atoms with E-state index in [-0.39, 0.29) is 0 Å². The van der Waals surface area contributed by atoms with Crippen LogP contribution in [0.25, 0.3) is 0 Å². The molecule has 2 aromatic heterocycles. The lowest BCUT2D eigenvalue weighted by Gasteiger charge is -2.09. The molecule has 0 saturated heterocycles. The Balaban J connectivity index is 1.24. The van der Waals surface area contributed by atoms with Gasteiger partial charge in [-0.05, 0) is 18.9 Å². The molecule has 0 bridgehead atoms. The van der Waals surface area contributed by atoms with Crippen LogP contribution in [0.1, 0.15) is 44.1 Å². The van der Waals surface area contributed by atoms with Gasteiger partial charge in [-0.1, -0.05) is 56.0 Å². The molecular weight excluding hydrogens is 362 g/mol. The van der Waals surface area contributed by atoms with Gasteiger partial charge in [0.05, 0.1) is 24.8 Å². The van der Waals surface area contributed by atoms with E-state index in [0.29, 0.717) is 18.3 Å². The van der Waals surface area contributed by atoms with Crippen LogP contribution >= 0.6 is 0 Å². The summed E-state index contributed by atoms with van der Waals surface area (Å²) in [5, 5.41) is 11.2. The second kappa shape index (κ2) is 11.6. The number of pyridine rings is 1. The lowest BCUT2D eigenvalue weighted by atomic mass is 10.1. The predicted octanol–water partition coefficient (Wildman–Crippen LogP) is 5.14. The van der Waals surface area contributed by atoms with E-state index in [9.17, 15) is 0 Å². The molecule has 0 saturated carbocycles. The number of nitrogens with one attached hydrogen (secondary N) is 2. The van der Waals surface area contributed by atoms with Crippen LogP contribution in [-0.2, 0) is 6.54 Å². The number of hydrogen-bond donors (Lipinski definition) is 2. The first-order chi connectivity index (χ1) is 14.3. The molecule has 0 aliphatic heterocycles. The summed E-state index contributed by atoms with van der Waals surface area (Å²) in [7, 11) is 0. The van der Waals surface area contributed by atoms with Crippen molar-refractivity contribution in [3.05, 3.63) is 72.9 Å². The number of imidazole rings is 1. The highest BCUT2D eigenvalue weighted by Gasteiger charge is 2.02. The zero-order chi connectivity index (χ0) is 20.2. The van der Waals surface area contributed by atoms with Crippen molar-refractivity contribution in [2.75, 3.05) is 11.9 Å². The monoisotopic (exact) mass is 391 g/mol. The van der Waals surface area contributed by atoms with Crippen molar-refractivity contribution in [2.45, 2.75) is 45.1 Å². The molecular formula is C23H29N5O. The largest absolute Gasteiger partial charge is 0.478 e. The molecule has 2 heterocycles. The number of anilines is 1. The summed E-state index contributed by atoms with van der Waals surface area (Å²) in [6.07, 6.45) is 14.6. The lowest BCUT2D eigenvalue weighted by molar-refractivity contribution is 0.293. The topological polar surface area (TPSA) is 75.8 Å². The molecule has 2 N–H and O–H groups in total. The first-order valence-electron chi connectivity index (χ1n) is 10.3. The van der Waals surface area contributed by atoms with Gasteiger partial charge in [-0.3, -0.25) is 5.41 Å². The Hall–Kier alpha value is -3.15. The van der Waals surface area contributed by atoms with E-state index in [0.717, 1.165) is 24.2 Å². The highest BCUT2D eigenvalue weighted by atomic mass is 16.5. The third-order valence-electron chi connectivity index (χ3n) is 4.69. The quantitative estimate of drug-likeness (QED) is 0.255. The van der Waals surface area contributed by atoms with E-state index in [2.05, 4.69) is 19.9 Å². The minimum absolute atomic E-state index is 0.353. The number of unbranched alkanes of at least 4 members (excludes halogenated alkanes) is 5.